The van der Waals surface area contributed by atoms with Crippen LogP contribution in [0.25, 0.3) is 0 Å². The molecule has 0 heterocycles. The Morgan fingerprint density at radius 1 is 1.19 bits per heavy atom. The zero-order chi connectivity index (χ0) is 12.2. The molecule has 0 aliphatic carbocycles. The van der Waals surface area contributed by atoms with Gasteiger partial charge < -0.3 is 5.32 Å². The monoisotopic (exact) mass is 245 g/mol. The predicted octanol–water partition coefficient (Wildman–Crippen LogP) is 3.89. The van der Waals surface area contributed by atoms with E-state index in [2.05, 4.69) is 26.1 Å². The van der Waals surface area contributed by atoms with E-state index in [0.29, 0.717) is 16.7 Å². The first-order valence-electron chi connectivity index (χ1n) is 5.15. The van der Waals surface area contributed by atoms with Crippen molar-refractivity contribution < 1.29 is 8.78 Å². The summed E-state index contributed by atoms with van der Waals surface area (Å²) in [6.45, 7) is 7.03. The summed E-state index contributed by atoms with van der Waals surface area (Å²) in [6.07, 6.45) is 0. The highest BCUT2D eigenvalue weighted by molar-refractivity contribution is 7.99. The van der Waals surface area contributed by atoms with Crippen molar-refractivity contribution in [1.82, 2.24) is 5.32 Å². The van der Waals surface area contributed by atoms with E-state index >= 15 is 0 Å². The molecule has 0 aromatic heterocycles. The van der Waals surface area contributed by atoms with Crippen molar-refractivity contribution in [2.45, 2.75) is 43.5 Å². The van der Waals surface area contributed by atoms with E-state index in [1.165, 1.54) is 0 Å². The van der Waals surface area contributed by atoms with Gasteiger partial charge in [-0.15, -0.1) is 0 Å². The Bertz CT molecular complexity index is 317. The first kappa shape index (κ1) is 13.5. The molecular weight excluding hydrogens is 228 g/mol. The van der Waals surface area contributed by atoms with Crippen molar-refractivity contribution in [2.75, 3.05) is 0 Å². The van der Waals surface area contributed by atoms with Crippen LogP contribution in [0.5, 0.6) is 0 Å². The molecule has 0 saturated carbocycles. The van der Waals surface area contributed by atoms with Gasteiger partial charge in [0, 0.05) is 17.0 Å². The molecule has 0 aliphatic rings. The molecule has 1 rings (SSSR count). The van der Waals surface area contributed by atoms with Crippen LogP contribution >= 0.6 is 11.8 Å². The summed E-state index contributed by atoms with van der Waals surface area (Å²) in [4.78, 5) is 0.606. The van der Waals surface area contributed by atoms with Gasteiger partial charge >= 0.3 is 0 Å². The number of benzene rings is 1. The normalized spacial score (nSPS) is 12.1. The molecule has 1 N–H and O–H groups in total. The molecule has 90 valence electrons. The van der Waals surface area contributed by atoms with Gasteiger partial charge in [0.05, 0.1) is 0 Å². The lowest BCUT2D eigenvalue weighted by Crippen LogP contribution is -2.35. The molecule has 0 saturated heterocycles. The van der Waals surface area contributed by atoms with E-state index in [0.717, 1.165) is 12.1 Å². The maximum atomic E-state index is 12.1. The Morgan fingerprint density at radius 3 is 2.19 bits per heavy atom. The highest BCUT2D eigenvalue weighted by Crippen LogP contribution is 2.25. The molecule has 0 bridgehead atoms. The third-order valence-corrected chi connectivity index (χ3v) is 2.69. The first-order valence-corrected chi connectivity index (χ1v) is 6.03. The number of thioether (sulfide) groups is 1. The van der Waals surface area contributed by atoms with Crippen molar-refractivity contribution in [3.63, 3.8) is 0 Å². The molecule has 0 amide bonds. The molecule has 4 heteroatoms. The lowest BCUT2D eigenvalue weighted by molar-refractivity contribution is 0.252. The summed E-state index contributed by atoms with van der Waals surface area (Å²) >= 11 is 0.577. The first-order chi connectivity index (χ1) is 7.37. The lowest BCUT2D eigenvalue weighted by atomic mass is 10.1. The van der Waals surface area contributed by atoms with Crippen molar-refractivity contribution in [3.8, 4) is 0 Å². The highest BCUT2D eigenvalue weighted by atomic mass is 32.2. The summed E-state index contributed by atoms with van der Waals surface area (Å²) in [5.74, 6) is -2.35. The Labute approximate surface area is 99.6 Å². The van der Waals surface area contributed by atoms with Crippen LogP contribution in [0.15, 0.2) is 29.2 Å². The van der Waals surface area contributed by atoms with Gasteiger partial charge in [0.25, 0.3) is 5.76 Å². The van der Waals surface area contributed by atoms with Gasteiger partial charge in [-0.25, -0.2) is 0 Å². The molecule has 0 radical (unpaired) electrons. The van der Waals surface area contributed by atoms with Gasteiger partial charge in [0.15, 0.2) is 0 Å². The fourth-order valence-electron chi connectivity index (χ4n) is 1.16. The van der Waals surface area contributed by atoms with Crippen LogP contribution in [0.3, 0.4) is 0 Å². The fraction of sp³-hybridized carbons (Fsp3) is 0.500. The highest BCUT2D eigenvalue weighted by Gasteiger charge is 2.08. The van der Waals surface area contributed by atoms with E-state index in [1.807, 2.05) is 12.1 Å². The van der Waals surface area contributed by atoms with Crippen LogP contribution in [0, 0.1) is 0 Å². The second kappa shape index (κ2) is 5.64. The summed E-state index contributed by atoms with van der Waals surface area (Å²) in [6, 6.07) is 7.22. The summed E-state index contributed by atoms with van der Waals surface area (Å²) < 4.78 is 24.2. The predicted molar refractivity (Wildman–Crippen MR) is 64.9 cm³/mol. The average Bonchev–Trinajstić information content (AvgIpc) is 2.14. The molecule has 0 atom stereocenters. The van der Waals surface area contributed by atoms with E-state index in [1.54, 1.807) is 12.1 Å². The number of hydrogen-bond donors (Lipinski definition) is 1. The number of halogens is 2. The van der Waals surface area contributed by atoms with E-state index in [4.69, 9.17) is 0 Å². The smallest absolute Gasteiger partial charge is 0.288 e. The van der Waals surface area contributed by atoms with Gasteiger partial charge in [0.1, 0.15) is 0 Å². The Hall–Kier alpha value is -0.610. The van der Waals surface area contributed by atoms with Crippen molar-refractivity contribution in [2.24, 2.45) is 0 Å². The zero-order valence-corrected chi connectivity index (χ0v) is 10.6. The van der Waals surface area contributed by atoms with Crippen LogP contribution in [-0.4, -0.2) is 11.3 Å². The lowest BCUT2D eigenvalue weighted by Gasteiger charge is -2.20. The maximum absolute atomic E-state index is 12.1. The van der Waals surface area contributed by atoms with Gasteiger partial charge in [-0.05, 0) is 38.5 Å². The second-order valence-corrected chi connectivity index (χ2v) is 5.69. The third kappa shape index (κ3) is 5.47. The Kier molecular flexibility index (Phi) is 4.74. The van der Waals surface area contributed by atoms with Crippen LogP contribution in [0.1, 0.15) is 26.3 Å². The molecule has 1 aromatic carbocycles. The molecule has 0 unspecified atom stereocenters. The number of alkyl halides is 2. The van der Waals surface area contributed by atoms with E-state index < -0.39 is 5.76 Å². The van der Waals surface area contributed by atoms with Crippen molar-refractivity contribution in [3.05, 3.63) is 29.8 Å². The van der Waals surface area contributed by atoms with Crippen LogP contribution in [0.4, 0.5) is 8.78 Å². The van der Waals surface area contributed by atoms with Crippen LogP contribution < -0.4 is 5.32 Å². The van der Waals surface area contributed by atoms with Gasteiger partial charge in [-0.1, -0.05) is 23.9 Å². The third-order valence-electron chi connectivity index (χ3n) is 1.97. The summed E-state index contributed by atoms with van der Waals surface area (Å²) in [5, 5.41) is 3.34. The van der Waals surface area contributed by atoms with Gasteiger partial charge in [-0.2, -0.15) is 8.78 Å². The molecule has 0 aliphatic heterocycles. The largest absolute Gasteiger partial charge is 0.308 e. The number of nitrogens with one attached hydrogen (secondary N) is 1. The standard InChI is InChI=1S/C12H17F2NS/c1-12(2,3)15-8-9-4-6-10(7-5-9)16-11(13)14/h4-7,11,15H,8H2,1-3H3. The SMILES string of the molecule is CC(C)(C)NCc1ccc(SC(F)F)cc1. The minimum Gasteiger partial charge on any atom is -0.308 e. The van der Waals surface area contributed by atoms with Gasteiger partial charge in [0.2, 0.25) is 0 Å². The Morgan fingerprint density at radius 2 is 1.75 bits per heavy atom. The molecule has 1 nitrogen and oxygen atoms in total. The number of rotatable bonds is 4. The minimum atomic E-state index is -2.35. The summed E-state index contributed by atoms with van der Waals surface area (Å²) in [7, 11) is 0. The van der Waals surface area contributed by atoms with E-state index in [-0.39, 0.29) is 5.54 Å². The summed E-state index contributed by atoms with van der Waals surface area (Å²) in [5.41, 5.74) is 1.17. The quantitative estimate of drug-likeness (QED) is 0.808. The molecule has 0 spiro atoms. The minimum absolute atomic E-state index is 0.0659. The number of hydrogen-bond acceptors (Lipinski definition) is 2. The average molecular weight is 245 g/mol. The Balaban J connectivity index is 2.51. The van der Waals surface area contributed by atoms with Crippen LogP contribution in [0.2, 0.25) is 0 Å². The second-order valence-electron chi connectivity index (χ2n) is 4.63. The van der Waals surface area contributed by atoms with Gasteiger partial charge in [-0.3, -0.25) is 0 Å². The molecular formula is C12H17F2NS. The zero-order valence-electron chi connectivity index (χ0n) is 9.76. The fourth-order valence-corrected chi connectivity index (χ4v) is 1.65. The van der Waals surface area contributed by atoms with Crippen molar-refractivity contribution in [1.29, 1.82) is 0 Å². The van der Waals surface area contributed by atoms with Crippen molar-refractivity contribution >= 4 is 11.8 Å². The van der Waals surface area contributed by atoms with E-state index in [9.17, 15) is 8.78 Å². The molecule has 16 heavy (non-hydrogen) atoms. The topological polar surface area (TPSA) is 12.0 Å². The maximum Gasteiger partial charge on any atom is 0.288 e. The van der Waals surface area contributed by atoms with Crippen LogP contribution in [-0.2, 0) is 6.54 Å². The molecule has 0 fully saturated rings. The molecule has 1 aromatic rings.